The molecule has 0 spiro atoms. The number of nitrogens with two attached hydrogens (primary N) is 2. The van der Waals surface area contributed by atoms with Gasteiger partial charge >= 0.3 is 0 Å². The Morgan fingerprint density at radius 3 is 2.20 bits per heavy atom. The molecule has 0 aromatic heterocycles. The minimum absolute atomic E-state index is 0.116. The summed E-state index contributed by atoms with van der Waals surface area (Å²) < 4.78 is 0. The number of hydrogen-bond donors (Lipinski definition) is 3. The zero-order valence-electron chi connectivity index (χ0n) is 8.57. The van der Waals surface area contributed by atoms with Crippen molar-refractivity contribution >= 4 is 23.1 Å². The summed E-state index contributed by atoms with van der Waals surface area (Å²) in [5, 5.41) is 0.116. The van der Waals surface area contributed by atoms with Gasteiger partial charge in [-0.05, 0) is 12.2 Å². The second-order valence-electron chi connectivity index (χ2n) is 2.65. The van der Waals surface area contributed by atoms with Gasteiger partial charge in [0.1, 0.15) is 0 Å². The quantitative estimate of drug-likeness (QED) is 0.302. The lowest BCUT2D eigenvalue weighted by molar-refractivity contribution is 0.0988. The first kappa shape index (κ1) is 13.5. The largest absolute Gasteiger partial charge is 0.375 e. The van der Waals surface area contributed by atoms with Crippen molar-refractivity contribution in [3.05, 3.63) is 35.9 Å². The minimum Gasteiger partial charge on any atom is -0.375 e. The van der Waals surface area contributed by atoms with E-state index in [9.17, 15) is 4.79 Å². The van der Waals surface area contributed by atoms with Gasteiger partial charge in [-0.1, -0.05) is 37.3 Å². The average molecular weight is 225 g/mol. The molecule has 0 saturated carbocycles. The maximum atomic E-state index is 11.0. The second-order valence-corrected chi connectivity index (χ2v) is 3.09. The van der Waals surface area contributed by atoms with Crippen molar-refractivity contribution in [1.29, 1.82) is 0 Å². The molecule has 5 N–H and O–H groups in total. The molecule has 15 heavy (non-hydrogen) atoms. The van der Waals surface area contributed by atoms with Crippen molar-refractivity contribution in [2.24, 2.45) is 11.6 Å². The fourth-order valence-corrected chi connectivity index (χ4v) is 0.828. The smallest absolute Gasteiger partial charge is 0.177 e. The summed E-state index contributed by atoms with van der Waals surface area (Å²) >= 11 is 4.24. The molecule has 0 aliphatic carbocycles. The number of carbonyl (C=O) groups is 1. The molecule has 0 atom stereocenters. The molecule has 0 aliphatic heterocycles. The summed E-state index contributed by atoms with van der Waals surface area (Å²) in [4.78, 5) is 11.0. The Kier molecular flexibility index (Phi) is 7.13. The highest BCUT2D eigenvalue weighted by Gasteiger charge is 1.98. The first-order chi connectivity index (χ1) is 7.11. The van der Waals surface area contributed by atoms with E-state index in [1.165, 1.54) is 0 Å². The molecule has 0 fully saturated rings. The molecule has 0 radical (unpaired) electrons. The van der Waals surface area contributed by atoms with Crippen LogP contribution in [0.5, 0.6) is 0 Å². The van der Waals surface area contributed by atoms with Crippen molar-refractivity contribution in [1.82, 2.24) is 5.43 Å². The Labute approximate surface area is 94.6 Å². The Bertz CT molecular complexity index is 314. The van der Waals surface area contributed by atoms with Gasteiger partial charge < -0.3 is 11.2 Å². The lowest BCUT2D eigenvalue weighted by Crippen LogP contribution is -2.34. The van der Waals surface area contributed by atoms with E-state index in [4.69, 9.17) is 5.73 Å². The third kappa shape index (κ3) is 6.59. The molecule has 1 rings (SSSR count). The molecule has 0 amide bonds. The van der Waals surface area contributed by atoms with Crippen LogP contribution in [0.4, 0.5) is 0 Å². The van der Waals surface area contributed by atoms with Crippen LogP contribution in [-0.2, 0) is 0 Å². The molecule has 0 unspecified atom stereocenters. The SMILES string of the molecule is CCC(=O)c1ccccc1.NNC(N)=S. The summed E-state index contributed by atoms with van der Waals surface area (Å²) in [5.74, 6) is 4.86. The first-order valence-electron chi connectivity index (χ1n) is 4.46. The van der Waals surface area contributed by atoms with Crippen LogP contribution < -0.4 is 17.0 Å². The highest BCUT2D eigenvalue weighted by Crippen LogP contribution is 2.01. The van der Waals surface area contributed by atoms with Crippen LogP contribution in [0.15, 0.2) is 30.3 Å². The topological polar surface area (TPSA) is 81.1 Å². The maximum Gasteiger partial charge on any atom is 0.177 e. The number of rotatable bonds is 2. The van der Waals surface area contributed by atoms with Crippen LogP contribution >= 0.6 is 12.2 Å². The molecule has 1 aromatic rings. The van der Waals surface area contributed by atoms with Crippen molar-refractivity contribution in [3.63, 3.8) is 0 Å². The van der Waals surface area contributed by atoms with Crippen LogP contribution in [0.2, 0.25) is 0 Å². The van der Waals surface area contributed by atoms with Gasteiger partial charge in [-0.25, -0.2) is 5.84 Å². The van der Waals surface area contributed by atoms with Crippen molar-refractivity contribution in [2.45, 2.75) is 13.3 Å². The van der Waals surface area contributed by atoms with Crippen molar-refractivity contribution in [2.75, 3.05) is 0 Å². The summed E-state index contributed by atoms with van der Waals surface area (Å²) in [6, 6.07) is 9.34. The number of ketones is 1. The molecule has 82 valence electrons. The van der Waals surface area contributed by atoms with Gasteiger partial charge in [0, 0.05) is 12.0 Å². The molecule has 5 heteroatoms. The summed E-state index contributed by atoms with van der Waals surface area (Å²) in [7, 11) is 0. The van der Waals surface area contributed by atoms with Crippen molar-refractivity contribution in [3.8, 4) is 0 Å². The Morgan fingerprint density at radius 1 is 1.40 bits per heavy atom. The molecular formula is C10H15N3OS. The van der Waals surface area contributed by atoms with Crippen LogP contribution in [0.25, 0.3) is 0 Å². The zero-order valence-corrected chi connectivity index (χ0v) is 9.38. The van der Waals surface area contributed by atoms with Crippen LogP contribution in [0, 0.1) is 0 Å². The predicted molar refractivity (Wildman–Crippen MR) is 65.2 cm³/mol. The lowest BCUT2D eigenvalue weighted by Gasteiger charge is -1.93. The number of nitrogens with one attached hydrogen (secondary N) is 1. The normalized spacial score (nSPS) is 8.40. The number of thiocarbonyl (C=S) groups is 1. The monoisotopic (exact) mass is 225 g/mol. The molecule has 4 nitrogen and oxygen atoms in total. The van der Waals surface area contributed by atoms with E-state index in [-0.39, 0.29) is 10.9 Å². The van der Waals surface area contributed by atoms with Gasteiger partial charge in [0.2, 0.25) is 0 Å². The zero-order chi connectivity index (χ0) is 11.7. The van der Waals surface area contributed by atoms with E-state index in [2.05, 4.69) is 18.1 Å². The summed E-state index contributed by atoms with van der Waals surface area (Å²) in [6.07, 6.45) is 0.587. The average Bonchev–Trinajstić information content (AvgIpc) is 2.30. The van der Waals surface area contributed by atoms with Gasteiger partial charge in [0.25, 0.3) is 0 Å². The summed E-state index contributed by atoms with van der Waals surface area (Å²) in [5.41, 5.74) is 7.63. The number of carbonyl (C=O) groups excluding carboxylic acids is 1. The van der Waals surface area contributed by atoms with E-state index < -0.39 is 0 Å². The molecule has 1 aromatic carbocycles. The van der Waals surface area contributed by atoms with E-state index in [0.29, 0.717) is 6.42 Å². The van der Waals surface area contributed by atoms with Crippen LogP contribution in [-0.4, -0.2) is 10.9 Å². The highest BCUT2D eigenvalue weighted by molar-refractivity contribution is 7.80. The highest BCUT2D eigenvalue weighted by atomic mass is 32.1. The molecular weight excluding hydrogens is 210 g/mol. The summed E-state index contributed by atoms with van der Waals surface area (Å²) in [6.45, 7) is 1.87. The molecule has 0 aliphatic rings. The number of Topliss-reactive ketones (excluding diaryl/α,β-unsaturated/α-hetero) is 1. The second kappa shape index (κ2) is 7.90. The molecule has 0 bridgehead atoms. The Morgan fingerprint density at radius 2 is 1.87 bits per heavy atom. The van der Waals surface area contributed by atoms with E-state index in [0.717, 1.165) is 5.56 Å². The fraction of sp³-hybridized carbons (Fsp3) is 0.200. The van der Waals surface area contributed by atoms with Crippen LogP contribution in [0.3, 0.4) is 0 Å². The van der Waals surface area contributed by atoms with E-state index in [1.54, 1.807) is 0 Å². The number of hydrazine groups is 1. The molecule has 0 heterocycles. The van der Waals surface area contributed by atoms with Crippen LogP contribution in [0.1, 0.15) is 23.7 Å². The van der Waals surface area contributed by atoms with Gasteiger partial charge in [0.05, 0.1) is 0 Å². The minimum atomic E-state index is 0.116. The molecule has 0 saturated heterocycles. The first-order valence-corrected chi connectivity index (χ1v) is 4.87. The van der Waals surface area contributed by atoms with Gasteiger partial charge in [-0.15, -0.1) is 0 Å². The Hall–Kier alpha value is -1.46. The third-order valence-corrected chi connectivity index (χ3v) is 1.68. The Balaban J connectivity index is 0.000000336. The fourth-order valence-electron chi connectivity index (χ4n) is 0.828. The van der Waals surface area contributed by atoms with Gasteiger partial charge in [-0.2, -0.15) is 0 Å². The third-order valence-electron chi connectivity index (χ3n) is 1.56. The predicted octanol–water partition coefficient (Wildman–Crippen LogP) is 0.973. The maximum absolute atomic E-state index is 11.0. The van der Waals surface area contributed by atoms with Crippen molar-refractivity contribution < 1.29 is 4.79 Å². The van der Waals surface area contributed by atoms with E-state index in [1.807, 2.05) is 42.7 Å². The lowest BCUT2D eigenvalue weighted by atomic mass is 10.1. The van der Waals surface area contributed by atoms with Gasteiger partial charge in [0.15, 0.2) is 10.9 Å². The number of hydrogen-bond acceptors (Lipinski definition) is 3. The van der Waals surface area contributed by atoms with Gasteiger partial charge in [-0.3, -0.25) is 4.79 Å². The standard InChI is InChI=1S/C9H10O.CH5N3S/c1-2-9(10)8-6-4-3-5-7-8;2-1(5)4-3/h3-7H,2H2,1H3;3H2,(H3,2,4,5). The number of benzene rings is 1. The van der Waals surface area contributed by atoms with E-state index >= 15 is 0 Å².